The lowest BCUT2D eigenvalue weighted by atomic mass is 10.0. The normalized spacial score (nSPS) is 11.5. The molecule has 0 atom stereocenters. The van der Waals surface area contributed by atoms with Crippen LogP contribution in [-0.4, -0.2) is 27.3 Å². The number of ether oxygens (including phenoxy) is 1. The number of aryl methyl sites for hydroxylation is 1. The molecule has 0 bridgehead atoms. The predicted octanol–water partition coefficient (Wildman–Crippen LogP) is 4.49. The van der Waals surface area contributed by atoms with Crippen molar-refractivity contribution in [3.63, 3.8) is 0 Å². The lowest BCUT2D eigenvalue weighted by molar-refractivity contribution is -0.136. The molecular formula is C23H18F4N4O2. The minimum atomic E-state index is -4.70. The van der Waals surface area contributed by atoms with Gasteiger partial charge in [0, 0.05) is 25.2 Å². The van der Waals surface area contributed by atoms with Gasteiger partial charge in [-0.25, -0.2) is 9.07 Å². The third-order valence-electron chi connectivity index (χ3n) is 4.88. The number of halogens is 4. The zero-order chi connectivity index (χ0) is 23.6. The molecule has 0 fully saturated rings. The first-order chi connectivity index (χ1) is 15.7. The van der Waals surface area contributed by atoms with Crippen molar-refractivity contribution in [3.8, 4) is 17.1 Å². The van der Waals surface area contributed by atoms with Crippen LogP contribution in [0.25, 0.3) is 22.3 Å². The van der Waals surface area contributed by atoms with E-state index in [1.165, 1.54) is 36.0 Å². The van der Waals surface area contributed by atoms with Gasteiger partial charge in [0.05, 0.1) is 10.9 Å². The second kappa shape index (κ2) is 8.89. The van der Waals surface area contributed by atoms with Crippen LogP contribution in [-0.2, 0) is 24.6 Å². The number of pyridine rings is 1. The Hall–Kier alpha value is -3.95. The van der Waals surface area contributed by atoms with E-state index in [2.05, 4.69) is 15.4 Å². The Morgan fingerprint density at radius 2 is 1.79 bits per heavy atom. The first-order valence-electron chi connectivity index (χ1n) is 9.86. The van der Waals surface area contributed by atoms with E-state index in [4.69, 9.17) is 4.74 Å². The van der Waals surface area contributed by atoms with Crippen LogP contribution in [0.2, 0.25) is 0 Å². The number of hydrogen-bond acceptors (Lipinski definition) is 4. The molecule has 6 nitrogen and oxygen atoms in total. The maximum atomic E-state index is 13.9. The first kappa shape index (κ1) is 22.3. The number of aromatic nitrogens is 3. The molecule has 4 rings (SSSR count). The molecule has 33 heavy (non-hydrogen) atoms. The summed E-state index contributed by atoms with van der Waals surface area (Å²) in [6, 6.07) is 14.8. The fourth-order valence-electron chi connectivity index (χ4n) is 3.31. The minimum absolute atomic E-state index is 0.0228. The lowest BCUT2D eigenvalue weighted by Crippen LogP contribution is -2.28. The van der Waals surface area contributed by atoms with Crippen LogP contribution in [0.1, 0.15) is 11.1 Å². The van der Waals surface area contributed by atoms with E-state index < -0.39 is 30.1 Å². The molecule has 2 heterocycles. The van der Waals surface area contributed by atoms with Gasteiger partial charge in [-0.15, -0.1) is 0 Å². The van der Waals surface area contributed by atoms with Gasteiger partial charge < -0.3 is 10.1 Å². The number of alkyl halides is 3. The lowest BCUT2D eigenvalue weighted by Gasteiger charge is -2.12. The highest BCUT2D eigenvalue weighted by molar-refractivity contribution is 5.94. The van der Waals surface area contributed by atoms with Crippen molar-refractivity contribution < 1.29 is 27.1 Å². The van der Waals surface area contributed by atoms with Crippen LogP contribution >= 0.6 is 0 Å². The molecule has 10 heteroatoms. The number of amides is 1. The quantitative estimate of drug-likeness (QED) is 0.433. The average Bonchev–Trinajstić information content (AvgIpc) is 3.13. The topological polar surface area (TPSA) is 69.0 Å². The standard InChI is InChI=1S/C23H18F4N4O2/c1-31-22-20(21(30-31)15-5-3-2-4-6-15)17(23(25,26)27)11-19(29-22)33-13-18(32)28-12-14-7-9-16(24)10-8-14/h2-11H,12-13H2,1H3,(H,28,32). The summed E-state index contributed by atoms with van der Waals surface area (Å²) in [5.74, 6) is -1.32. The van der Waals surface area contributed by atoms with E-state index in [1.807, 2.05) is 0 Å². The van der Waals surface area contributed by atoms with Gasteiger partial charge in [0.1, 0.15) is 11.5 Å². The Morgan fingerprint density at radius 1 is 1.09 bits per heavy atom. The predicted molar refractivity (Wildman–Crippen MR) is 113 cm³/mol. The number of fused-ring (bicyclic) bond motifs is 1. The van der Waals surface area contributed by atoms with Gasteiger partial charge in [0.25, 0.3) is 5.91 Å². The fraction of sp³-hybridized carbons (Fsp3) is 0.174. The van der Waals surface area contributed by atoms with E-state index >= 15 is 0 Å². The molecule has 1 amide bonds. The monoisotopic (exact) mass is 458 g/mol. The van der Waals surface area contributed by atoms with Crippen LogP contribution < -0.4 is 10.1 Å². The van der Waals surface area contributed by atoms with Crippen molar-refractivity contribution >= 4 is 16.9 Å². The van der Waals surface area contributed by atoms with Crippen molar-refractivity contribution in [2.75, 3.05) is 6.61 Å². The summed E-state index contributed by atoms with van der Waals surface area (Å²) in [6.07, 6.45) is -4.70. The van der Waals surface area contributed by atoms with Crippen molar-refractivity contribution in [1.82, 2.24) is 20.1 Å². The van der Waals surface area contributed by atoms with Gasteiger partial charge in [-0.05, 0) is 17.7 Å². The Kier molecular flexibility index (Phi) is 5.99. The Labute approximate surface area is 185 Å². The molecule has 0 radical (unpaired) electrons. The molecule has 0 aliphatic heterocycles. The molecule has 0 unspecified atom stereocenters. The van der Waals surface area contributed by atoms with Gasteiger partial charge in [0.15, 0.2) is 12.3 Å². The van der Waals surface area contributed by atoms with Gasteiger partial charge in [0.2, 0.25) is 5.88 Å². The summed E-state index contributed by atoms with van der Waals surface area (Å²) in [7, 11) is 1.49. The number of carbonyl (C=O) groups excluding carboxylic acids is 1. The summed E-state index contributed by atoms with van der Waals surface area (Å²) >= 11 is 0. The van der Waals surface area contributed by atoms with E-state index in [1.54, 1.807) is 30.3 Å². The summed E-state index contributed by atoms with van der Waals surface area (Å²) in [6.45, 7) is -0.425. The molecule has 0 aliphatic carbocycles. The van der Waals surface area contributed by atoms with Crippen LogP contribution in [0.15, 0.2) is 60.7 Å². The highest BCUT2D eigenvalue weighted by atomic mass is 19.4. The number of nitrogens with one attached hydrogen (secondary N) is 1. The number of nitrogens with zero attached hydrogens (tertiary/aromatic N) is 3. The molecule has 2 aromatic heterocycles. The van der Waals surface area contributed by atoms with Crippen molar-refractivity contribution in [3.05, 3.63) is 77.6 Å². The van der Waals surface area contributed by atoms with Gasteiger partial charge in [-0.2, -0.15) is 23.3 Å². The van der Waals surface area contributed by atoms with Crippen molar-refractivity contribution in [2.24, 2.45) is 7.05 Å². The van der Waals surface area contributed by atoms with Gasteiger partial charge in [-0.3, -0.25) is 4.79 Å². The van der Waals surface area contributed by atoms with Crippen LogP contribution in [0.3, 0.4) is 0 Å². The molecular weight excluding hydrogens is 440 g/mol. The summed E-state index contributed by atoms with van der Waals surface area (Å²) in [5, 5.41) is 6.64. The molecule has 0 spiro atoms. The maximum absolute atomic E-state index is 13.9. The van der Waals surface area contributed by atoms with E-state index in [0.29, 0.717) is 11.1 Å². The van der Waals surface area contributed by atoms with Crippen molar-refractivity contribution in [2.45, 2.75) is 12.7 Å². The van der Waals surface area contributed by atoms with Crippen molar-refractivity contribution in [1.29, 1.82) is 0 Å². The van der Waals surface area contributed by atoms with E-state index in [-0.39, 0.29) is 29.2 Å². The second-order valence-corrected chi connectivity index (χ2v) is 7.23. The number of carbonyl (C=O) groups is 1. The van der Waals surface area contributed by atoms with Crippen LogP contribution in [0, 0.1) is 5.82 Å². The van der Waals surface area contributed by atoms with Gasteiger partial charge >= 0.3 is 6.18 Å². The zero-order valence-corrected chi connectivity index (χ0v) is 17.4. The molecule has 0 aliphatic rings. The molecule has 1 N–H and O–H groups in total. The molecule has 2 aromatic carbocycles. The second-order valence-electron chi connectivity index (χ2n) is 7.23. The van der Waals surface area contributed by atoms with Crippen LogP contribution in [0.5, 0.6) is 5.88 Å². The van der Waals surface area contributed by atoms with Gasteiger partial charge in [-0.1, -0.05) is 42.5 Å². The fourth-order valence-corrected chi connectivity index (χ4v) is 3.31. The molecule has 0 saturated heterocycles. The number of hydrogen-bond donors (Lipinski definition) is 1. The third-order valence-corrected chi connectivity index (χ3v) is 4.88. The number of rotatable bonds is 6. The largest absolute Gasteiger partial charge is 0.467 e. The molecule has 170 valence electrons. The molecule has 0 saturated carbocycles. The summed E-state index contributed by atoms with van der Waals surface area (Å²) in [5.41, 5.74) is 0.347. The van der Waals surface area contributed by atoms with E-state index in [9.17, 15) is 22.4 Å². The minimum Gasteiger partial charge on any atom is -0.467 e. The Balaban J connectivity index is 1.58. The summed E-state index contributed by atoms with van der Waals surface area (Å²) in [4.78, 5) is 16.2. The zero-order valence-electron chi connectivity index (χ0n) is 17.4. The smallest absolute Gasteiger partial charge is 0.417 e. The molecule has 4 aromatic rings. The average molecular weight is 458 g/mol. The SMILES string of the molecule is Cn1nc(-c2ccccc2)c2c(C(F)(F)F)cc(OCC(=O)NCc3ccc(F)cc3)nc21. The summed E-state index contributed by atoms with van der Waals surface area (Å²) < 4.78 is 61.2. The Morgan fingerprint density at radius 3 is 2.45 bits per heavy atom. The first-order valence-corrected chi connectivity index (χ1v) is 9.86. The maximum Gasteiger partial charge on any atom is 0.417 e. The third kappa shape index (κ3) is 4.94. The highest BCUT2D eigenvalue weighted by Crippen LogP contribution is 2.40. The highest BCUT2D eigenvalue weighted by Gasteiger charge is 2.36. The Bertz CT molecular complexity index is 1290. The number of benzene rings is 2. The van der Waals surface area contributed by atoms with Crippen LogP contribution in [0.4, 0.5) is 17.6 Å². The van der Waals surface area contributed by atoms with E-state index in [0.717, 1.165) is 6.07 Å².